The molecule has 0 aliphatic rings. The zero-order valence-electron chi connectivity index (χ0n) is 22.9. The van der Waals surface area contributed by atoms with E-state index in [0.29, 0.717) is 22.6 Å². The Balaban J connectivity index is 2.51. The lowest BCUT2D eigenvalue weighted by atomic mass is 9.97. The van der Waals surface area contributed by atoms with Gasteiger partial charge in [0.05, 0.1) is 13.2 Å². The maximum atomic E-state index is 13.8. The fourth-order valence-corrected chi connectivity index (χ4v) is 3.71. The molecule has 10 heteroatoms. The lowest BCUT2D eigenvalue weighted by Gasteiger charge is -2.34. The van der Waals surface area contributed by atoms with Gasteiger partial charge in [0, 0.05) is 5.69 Å². The van der Waals surface area contributed by atoms with E-state index in [1.54, 1.807) is 71.9 Å². The van der Waals surface area contributed by atoms with Crippen LogP contribution in [-0.2, 0) is 14.3 Å². The predicted octanol–water partition coefficient (Wildman–Crippen LogP) is 4.29. The third kappa shape index (κ3) is 8.13. The number of aryl methyl sites for hydroxylation is 1. The topological polar surface area (TPSA) is 141 Å². The van der Waals surface area contributed by atoms with E-state index < -0.39 is 42.1 Å². The number of nitrogens with zero attached hydrogens (tertiary/aromatic N) is 2. The van der Waals surface area contributed by atoms with Gasteiger partial charge in [-0.05, 0) is 81.1 Å². The van der Waals surface area contributed by atoms with Crippen LogP contribution in [0.25, 0.3) is 0 Å². The number of rotatable bonds is 9. The molecule has 38 heavy (non-hydrogen) atoms. The van der Waals surface area contributed by atoms with Crippen molar-refractivity contribution >= 4 is 23.6 Å². The Morgan fingerprint density at radius 3 is 2.24 bits per heavy atom. The van der Waals surface area contributed by atoms with Gasteiger partial charge >= 0.3 is 6.09 Å². The molecule has 204 valence electrons. The molecule has 0 fully saturated rings. The summed E-state index contributed by atoms with van der Waals surface area (Å²) in [5, 5.41) is 25.0. The van der Waals surface area contributed by atoms with Gasteiger partial charge in [0.1, 0.15) is 35.7 Å². The summed E-state index contributed by atoms with van der Waals surface area (Å²) in [5.41, 5.74) is 0.537. The first-order valence-corrected chi connectivity index (χ1v) is 12.2. The smallest absolute Gasteiger partial charge is 0.408 e. The number of nitriles is 1. The number of phenols is 1. The summed E-state index contributed by atoms with van der Waals surface area (Å²) in [7, 11) is 1.53. The highest BCUT2D eigenvalue weighted by atomic mass is 16.6. The largest absolute Gasteiger partial charge is 0.508 e. The average molecular weight is 525 g/mol. The summed E-state index contributed by atoms with van der Waals surface area (Å²) in [6.07, 6.45) is -0.791. The molecule has 0 bridgehead atoms. The van der Waals surface area contributed by atoms with Crippen molar-refractivity contribution in [1.29, 1.82) is 5.26 Å². The summed E-state index contributed by atoms with van der Waals surface area (Å²) in [5.74, 6) is -0.976. The van der Waals surface area contributed by atoms with E-state index in [-0.39, 0.29) is 11.7 Å². The van der Waals surface area contributed by atoms with Crippen LogP contribution in [0.3, 0.4) is 0 Å². The number of phenolic OH excluding ortho intramolecular Hbond substituents is 1. The van der Waals surface area contributed by atoms with E-state index in [1.165, 1.54) is 19.2 Å². The molecule has 2 rings (SSSR count). The molecule has 10 nitrogen and oxygen atoms in total. The highest BCUT2D eigenvalue weighted by Gasteiger charge is 2.37. The number of amides is 3. The third-order valence-electron chi connectivity index (χ3n) is 5.58. The highest BCUT2D eigenvalue weighted by Crippen LogP contribution is 2.29. The number of carbonyl (C=O) groups is 3. The number of ether oxygens (including phenoxy) is 2. The average Bonchev–Trinajstić information content (AvgIpc) is 2.83. The summed E-state index contributed by atoms with van der Waals surface area (Å²) in [4.78, 5) is 41.1. The minimum absolute atomic E-state index is 0.0212. The number of alkyl carbamates (subject to hydrolysis) is 1. The summed E-state index contributed by atoms with van der Waals surface area (Å²) in [6.45, 7) is 9.81. The molecule has 0 saturated carbocycles. The van der Waals surface area contributed by atoms with Crippen molar-refractivity contribution < 1.29 is 29.0 Å². The van der Waals surface area contributed by atoms with E-state index >= 15 is 0 Å². The summed E-state index contributed by atoms with van der Waals surface area (Å²) >= 11 is 0. The lowest BCUT2D eigenvalue weighted by molar-refractivity contribution is -0.140. The number of hydrogen-bond acceptors (Lipinski definition) is 7. The van der Waals surface area contributed by atoms with Crippen molar-refractivity contribution in [2.75, 3.05) is 19.0 Å². The normalized spacial score (nSPS) is 12.6. The van der Waals surface area contributed by atoms with Gasteiger partial charge < -0.3 is 30.1 Å². The zero-order valence-corrected chi connectivity index (χ0v) is 22.9. The van der Waals surface area contributed by atoms with E-state index in [2.05, 4.69) is 10.6 Å². The quantitative estimate of drug-likeness (QED) is 0.416. The second-order valence-corrected chi connectivity index (χ2v) is 10.2. The molecule has 2 atom stereocenters. The van der Waals surface area contributed by atoms with Crippen LogP contribution in [0.2, 0.25) is 0 Å². The predicted molar refractivity (Wildman–Crippen MR) is 143 cm³/mol. The van der Waals surface area contributed by atoms with Gasteiger partial charge in [-0.15, -0.1) is 0 Å². The molecule has 0 aromatic heterocycles. The molecule has 2 aromatic rings. The number of methoxy groups -OCH3 is 1. The Morgan fingerprint density at radius 2 is 1.74 bits per heavy atom. The van der Waals surface area contributed by atoms with Crippen LogP contribution in [0, 0.1) is 24.2 Å². The first kappa shape index (κ1) is 30.0. The van der Waals surface area contributed by atoms with Crippen LogP contribution in [0.4, 0.5) is 10.5 Å². The SMILES string of the molecule is COc1ccc(NC(=O)C(c2ccc(O)c(C)c2)N(CC#N)C(=O)C(NC(=O)OC(C)(C)C)C(C)C)cc1. The lowest BCUT2D eigenvalue weighted by Crippen LogP contribution is -2.54. The Hall–Kier alpha value is -4.26. The standard InChI is InChI=1S/C28H36N4O6/c1-17(2)23(31-27(36)38-28(4,5)6)26(35)32(15-14-29)24(19-8-13-22(33)18(3)16-19)25(34)30-20-9-11-21(37-7)12-10-20/h8-13,16-17,23-24,33H,15H2,1-7H3,(H,30,34)(H,31,36). The summed E-state index contributed by atoms with van der Waals surface area (Å²) < 4.78 is 10.5. The van der Waals surface area contributed by atoms with Gasteiger partial charge in [-0.3, -0.25) is 9.59 Å². The third-order valence-corrected chi connectivity index (χ3v) is 5.58. The van der Waals surface area contributed by atoms with Crippen molar-refractivity contribution in [2.45, 2.75) is 59.2 Å². The molecule has 2 unspecified atom stereocenters. The van der Waals surface area contributed by atoms with E-state index in [4.69, 9.17) is 9.47 Å². The van der Waals surface area contributed by atoms with Gasteiger partial charge in [0.25, 0.3) is 5.91 Å². The minimum atomic E-state index is -1.25. The van der Waals surface area contributed by atoms with Crippen LogP contribution in [0.1, 0.15) is 51.8 Å². The minimum Gasteiger partial charge on any atom is -0.508 e. The number of carbonyl (C=O) groups excluding carboxylic acids is 3. The number of nitrogens with one attached hydrogen (secondary N) is 2. The second-order valence-electron chi connectivity index (χ2n) is 10.2. The van der Waals surface area contributed by atoms with E-state index in [1.807, 2.05) is 6.07 Å². The van der Waals surface area contributed by atoms with Crippen molar-refractivity contribution in [3.63, 3.8) is 0 Å². The molecule has 0 radical (unpaired) electrons. The number of aromatic hydroxyl groups is 1. The van der Waals surface area contributed by atoms with Crippen molar-refractivity contribution in [3.05, 3.63) is 53.6 Å². The van der Waals surface area contributed by atoms with Crippen LogP contribution in [0.15, 0.2) is 42.5 Å². The fraction of sp³-hybridized carbons (Fsp3) is 0.429. The highest BCUT2D eigenvalue weighted by molar-refractivity contribution is 5.99. The van der Waals surface area contributed by atoms with Crippen LogP contribution in [0.5, 0.6) is 11.5 Å². The Kier molecular flexibility index (Phi) is 10.1. The molecule has 0 aliphatic carbocycles. The van der Waals surface area contributed by atoms with Crippen molar-refractivity contribution in [2.24, 2.45) is 5.92 Å². The van der Waals surface area contributed by atoms with Crippen LogP contribution < -0.4 is 15.4 Å². The Bertz CT molecular complexity index is 1180. The molecule has 0 heterocycles. The van der Waals surface area contributed by atoms with Crippen molar-refractivity contribution in [3.8, 4) is 17.6 Å². The van der Waals surface area contributed by atoms with Gasteiger partial charge in [-0.2, -0.15) is 5.26 Å². The Labute approximate surface area is 223 Å². The number of hydrogen-bond donors (Lipinski definition) is 3. The molecule has 3 N–H and O–H groups in total. The molecule has 2 aromatic carbocycles. The number of benzene rings is 2. The molecular formula is C28H36N4O6. The van der Waals surface area contributed by atoms with Gasteiger partial charge in [-0.25, -0.2) is 4.79 Å². The molecule has 0 spiro atoms. The molecule has 0 aliphatic heterocycles. The first-order valence-electron chi connectivity index (χ1n) is 12.2. The van der Waals surface area contributed by atoms with Crippen LogP contribution >= 0.6 is 0 Å². The second kappa shape index (κ2) is 12.8. The molecular weight excluding hydrogens is 488 g/mol. The number of anilines is 1. The van der Waals surface area contributed by atoms with Gasteiger partial charge in [0.15, 0.2) is 0 Å². The summed E-state index contributed by atoms with van der Waals surface area (Å²) in [6, 6.07) is 10.8. The fourth-order valence-electron chi connectivity index (χ4n) is 3.71. The van der Waals surface area contributed by atoms with E-state index in [9.17, 15) is 24.8 Å². The molecule has 0 saturated heterocycles. The van der Waals surface area contributed by atoms with Gasteiger partial charge in [0.2, 0.25) is 5.91 Å². The molecule has 3 amide bonds. The maximum absolute atomic E-state index is 13.8. The van der Waals surface area contributed by atoms with E-state index in [0.717, 1.165) is 4.90 Å². The Morgan fingerprint density at radius 1 is 1.11 bits per heavy atom. The zero-order chi connectivity index (χ0) is 28.6. The maximum Gasteiger partial charge on any atom is 0.408 e. The van der Waals surface area contributed by atoms with Gasteiger partial charge in [-0.1, -0.05) is 19.9 Å². The first-order chi connectivity index (χ1) is 17.8. The monoisotopic (exact) mass is 524 g/mol. The van der Waals surface area contributed by atoms with Crippen LogP contribution in [-0.4, -0.2) is 53.2 Å². The van der Waals surface area contributed by atoms with Crippen molar-refractivity contribution in [1.82, 2.24) is 10.2 Å².